The standard InChI is InChI=1S/C17H16Cl2FNS.C2HF3O2/c18-14-2-1-3-16(17(14)19)22-15-5-4-12(20)10-13(15)11-6-8-21-9-7-11;3-2(4,5)1(6)7/h1-5,10-11,21H,6-9H2;(H,6,7). The predicted octanol–water partition coefficient (Wildman–Crippen LogP) is 6.38. The fourth-order valence-electron chi connectivity index (χ4n) is 2.75. The Morgan fingerprint density at radius 3 is 2.31 bits per heavy atom. The van der Waals surface area contributed by atoms with Crippen LogP contribution in [0.1, 0.15) is 24.3 Å². The largest absolute Gasteiger partial charge is 0.490 e. The fraction of sp³-hybridized carbons (Fsp3) is 0.316. The third-order valence-corrected chi connectivity index (χ3v) is 6.21. The van der Waals surface area contributed by atoms with Crippen molar-refractivity contribution in [3.8, 4) is 0 Å². The second-order valence-electron chi connectivity index (χ2n) is 6.16. The summed E-state index contributed by atoms with van der Waals surface area (Å²) in [5.41, 5.74) is 1.07. The maximum Gasteiger partial charge on any atom is 0.490 e. The molecule has 1 saturated heterocycles. The van der Waals surface area contributed by atoms with Crippen LogP contribution in [0.2, 0.25) is 10.0 Å². The lowest BCUT2D eigenvalue weighted by atomic mass is 9.90. The molecule has 10 heteroatoms. The molecule has 0 atom stereocenters. The van der Waals surface area contributed by atoms with Gasteiger partial charge in [-0.05, 0) is 67.7 Å². The van der Waals surface area contributed by atoms with Gasteiger partial charge in [0.2, 0.25) is 0 Å². The zero-order valence-corrected chi connectivity index (χ0v) is 17.2. The van der Waals surface area contributed by atoms with E-state index < -0.39 is 12.1 Å². The first kappa shape index (κ1) is 23.8. The first-order chi connectivity index (χ1) is 13.6. The Morgan fingerprint density at radius 2 is 1.72 bits per heavy atom. The second kappa shape index (κ2) is 10.5. The zero-order chi connectivity index (χ0) is 21.6. The normalized spacial score (nSPS) is 14.8. The van der Waals surface area contributed by atoms with Gasteiger partial charge in [0.1, 0.15) is 5.82 Å². The summed E-state index contributed by atoms with van der Waals surface area (Å²) < 4.78 is 45.4. The topological polar surface area (TPSA) is 49.3 Å². The van der Waals surface area contributed by atoms with Gasteiger partial charge in [-0.3, -0.25) is 0 Å². The quantitative estimate of drug-likeness (QED) is 0.511. The van der Waals surface area contributed by atoms with Gasteiger partial charge in [-0.2, -0.15) is 13.2 Å². The van der Waals surface area contributed by atoms with Crippen molar-refractivity contribution in [2.45, 2.75) is 34.7 Å². The molecule has 29 heavy (non-hydrogen) atoms. The number of nitrogens with one attached hydrogen (secondary N) is 1. The molecule has 1 fully saturated rings. The van der Waals surface area contributed by atoms with Crippen LogP contribution in [0.4, 0.5) is 17.6 Å². The van der Waals surface area contributed by atoms with Gasteiger partial charge in [0.25, 0.3) is 0 Å². The van der Waals surface area contributed by atoms with Crippen LogP contribution in [0.15, 0.2) is 46.2 Å². The van der Waals surface area contributed by atoms with Gasteiger partial charge < -0.3 is 10.4 Å². The van der Waals surface area contributed by atoms with E-state index in [4.69, 9.17) is 33.1 Å². The molecular weight excluding hydrogens is 453 g/mol. The van der Waals surface area contributed by atoms with Crippen molar-refractivity contribution in [3.63, 3.8) is 0 Å². The Kier molecular flexibility index (Phi) is 8.63. The summed E-state index contributed by atoms with van der Waals surface area (Å²) in [6.07, 6.45) is -3.03. The molecule has 0 radical (unpaired) electrons. The highest BCUT2D eigenvalue weighted by Crippen LogP contribution is 2.41. The van der Waals surface area contributed by atoms with E-state index in [1.807, 2.05) is 18.2 Å². The summed E-state index contributed by atoms with van der Waals surface area (Å²) in [5, 5.41) is 11.6. The molecule has 3 nitrogen and oxygen atoms in total. The number of benzene rings is 2. The van der Waals surface area contributed by atoms with Crippen LogP contribution in [-0.2, 0) is 4.79 Å². The molecule has 158 valence electrons. The average Bonchev–Trinajstić information content (AvgIpc) is 2.67. The number of alkyl halides is 3. The van der Waals surface area contributed by atoms with E-state index >= 15 is 0 Å². The lowest BCUT2D eigenvalue weighted by Gasteiger charge is -2.25. The highest BCUT2D eigenvalue weighted by molar-refractivity contribution is 7.99. The number of rotatable bonds is 3. The Balaban J connectivity index is 0.000000370. The lowest BCUT2D eigenvalue weighted by Crippen LogP contribution is -2.26. The summed E-state index contributed by atoms with van der Waals surface area (Å²) in [5.74, 6) is -2.56. The molecule has 0 saturated carbocycles. The zero-order valence-electron chi connectivity index (χ0n) is 14.9. The average molecular weight is 470 g/mol. The van der Waals surface area contributed by atoms with Gasteiger partial charge in [-0.25, -0.2) is 9.18 Å². The second-order valence-corrected chi connectivity index (χ2v) is 8.03. The van der Waals surface area contributed by atoms with Gasteiger partial charge in [0.05, 0.1) is 10.0 Å². The summed E-state index contributed by atoms with van der Waals surface area (Å²) in [6, 6.07) is 10.6. The monoisotopic (exact) mass is 469 g/mol. The first-order valence-electron chi connectivity index (χ1n) is 8.51. The molecule has 0 aliphatic carbocycles. The van der Waals surface area contributed by atoms with Crippen molar-refractivity contribution in [3.05, 3.63) is 57.8 Å². The van der Waals surface area contributed by atoms with Gasteiger partial charge >= 0.3 is 12.1 Å². The number of carboxylic acid groups (broad SMARTS) is 1. The van der Waals surface area contributed by atoms with Crippen molar-refractivity contribution in [1.82, 2.24) is 5.32 Å². The molecule has 0 amide bonds. The van der Waals surface area contributed by atoms with E-state index in [0.717, 1.165) is 41.3 Å². The first-order valence-corrected chi connectivity index (χ1v) is 10.1. The van der Waals surface area contributed by atoms with Crippen LogP contribution in [0.25, 0.3) is 0 Å². The summed E-state index contributed by atoms with van der Waals surface area (Å²) in [7, 11) is 0. The highest BCUT2D eigenvalue weighted by atomic mass is 35.5. The van der Waals surface area contributed by atoms with Gasteiger partial charge in [0, 0.05) is 9.79 Å². The Labute approximate surface area is 179 Å². The smallest absolute Gasteiger partial charge is 0.475 e. The predicted molar refractivity (Wildman–Crippen MR) is 106 cm³/mol. The number of halogens is 6. The van der Waals surface area contributed by atoms with Gasteiger partial charge in [0.15, 0.2) is 0 Å². The van der Waals surface area contributed by atoms with E-state index in [0.29, 0.717) is 16.0 Å². The molecule has 1 aliphatic heterocycles. The molecule has 0 unspecified atom stereocenters. The molecule has 2 aromatic rings. The highest BCUT2D eigenvalue weighted by Gasteiger charge is 2.38. The van der Waals surface area contributed by atoms with Crippen LogP contribution in [-0.4, -0.2) is 30.3 Å². The van der Waals surface area contributed by atoms with Crippen LogP contribution in [0, 0.1) is 5.82 Å². The minimum absolute atomic E-state index is 0.185. The molecule has 0 aromatic heterocycles. The van der Waals surface area contributed by atoms with E-state index in [9.17, 15) is 17.6 Å². The summed E-state index contributed by atoms with van der Waals surface area (Å²) in [6.45, 7) is 1.95. The maximum absolute atomic E-state index is 13.7. The molecule has 1 heterocycles. The van der Waals surface area contributed by atoms with Crippen molar-refractivity contribution in [2.75, 3.05) is 13.1 Å². The van der Waals surface area contributed by atoms with E-state index in [-0.39, 0.29) is 5.82 Å². The summed E-state index contributed by atoms with van der Waals surface area (Å²) >= 11 is 13.9. The lowest BCUT2D eigenvalue weighted by molar-refractivity contribution is -0.192. The molecule has 3 rings (SSSR count). The van der Waals surface area contributed by atoms with Gasteiger partial charge in [-0.15, -0.1) is 0 Å². The Bertz CT molecular complexity index is 859. The molecule has 2 N–H and O–H groups in total. The van der Waals surface area contributed by atoms with Crippen molar-refractivity contribution >= 4 is 40.9 Å². The SMILES string of the molecule is Fc1ccc(Sc2cccc(Cl)c2Cl)c(C2CCNCC2)c1.O=C(O)C(F)(F)F. The van der Waals surface area contributed by atoms with Crippen LogP contribution < -0.4 is 5.32 Å². The number of hydrogen-bond donors (Lipinski definition) is 2. The number of carboxylic acids is 1. The van der Waals surface area contributed by atoms with E-state index in [1.54, 1.807) is 23.9 Å². The Hall–Kier alpha value is -1.48. The number of hydrogen-bond acceptors (Lipinski definition) is 3. The molecule has 0 bridgehead atoms. The minimum atomic E-state index is -5.08. The van der Waals surface area contributed by atoms with Gasteiger partial charge in [-0.1, -0.05) is 41.0 Å². The number of piperidine rings is 1. The van der Waals surface area contributed by atoms with Crippen molar-refractivity contribution in [1.29, 1.82) is 0 Å². The Morgan fingerprint density at radius 1 is 1.10 bits per heavy atom. The maximum atomic E-state index is 13.7. The third-order valence-electron chi connectivity index (χ3n) is 4.13. The summed E-state index contributed by atoms with van der Waals surface area (Å²) in [4.78, 5) is 10.8. The van der Waals surface area contributed by atoms with Crippen molar-refractivity contribution in [2.24, 2.45) is 0 Å². The van der Waals surface area contributed by atoms with E-state index in [1.165, 1.54) is 6.07 Å². The van der Waals surface area contributed by atoms with Crippen LogP contribution in [0.5, 0.6) is 0 Å². The van der Waals surface area contributed by atoms with Crippen LogP contribution in [0.3, 0.4) is 0 Å². The fourth-order valence-corrected chi connectivity index (χ4v) is 4.28. The minimum Gasteiger partial charge on any atom is -0.475 e. The van der Waals surface area contributed by atoms with Crippen LogP contribution >= 0.6 is 35.0 Å². The molecule has 2 aromatic carbocycles. The molecule has 0 spiro atoms. The number of carbonyl (C=O) groups is 1. The van der Waals surface area contributed by atoms with E-state index in [2.05, 4.69) is 5.32 Å². The molecular formula is C19H17Cl2F4NO2S. The molecule has 1 aliphatic rings. The number of aliphatic carboxylic acids is 1. The third kappa shape index (κ3) is 7.06. The van der Waals surface area contributed by atoms with Crippen molar-refractivity contribution < 1.29 is 27.5 Å².